The smallest absolute Gasteiger partial charge is 0.319 e. The van der Waals surface area contributed by atoms with E-state index in [1.54, 1.807) is 41.1 Å². The molecule has 1 heterocycles. The van der Waals surface area contributed by atoms with Gasteiger partial charge in [-0.25, -0.2) is 4.79 Å². The second-order valence-electron chi connectivity index (χ2n) is 5.77. The molecule has 2 N–H and O–H groups in total. The molecular weight excluding hydrogens is 350 g/mol. The molecule has 0 radical (unpaired) electrons. The molecule has 5 nitrogen and oxygen atoms in total. The van der Waals surface area contributed by atoms with Gasteiger partial charge in [0, 0.05) is 18.8 Å². The van der Waals surface area contributed by atoms with E-state index >= 15 is 0 Å². The highest BCUT2D eigenvalue weighted by atomic mass is 35.5. The lowest BCUT2D eigenvalue weighted by atomic mass is 10.1. The maximum absolute atomic E-state index is 12.0. The second-order valence-corrected chi connectivity index (χ2v) is 6.18. The average molecular weight is 368 g/mol. The first-order valence-corrected chi connectivity index (χ1v) is 8.52. The van der Waals surface area contributed by atoms with Crippen molar-refractivity contribution in [2.24, 2.45) is 0 Å². The largest absolute Gasteiger partial charge is 0.334 e. The van der Waals surface area contributed by atoms with Gasteiger partial charge in [0.25, 0.3) is 5.56 Å². The Morgan fingerprint density at radius 3 is 2.35 bits per heavy atom. The van der Waals surface area contributed by atoms with Crippen LogP contribution in [0.2, 0.25) is 5.02 Å². The summed E-state index contributed by atoms with van der Waals surface area (Å²) in [5.41, 5.74) is 2.51. The summed E-state index contributed by atoms with van der Waals surface area (Å²) in [6.07, 6.45) is 1.76. The van der Waals surface area contributed by atoms with Crippen LogP contribution < -0.4 is 16.2 Å². The van der Waals surface area contributed by atoms with Crippen molar-refractivity contribution in [3.8, 4) is 0 Å². The first-order valence-electron chi connectivity index (χ1n) is 8.14. The third-order valence-corrected chi connectivity index (χ3v) is 4.18. The fraction of sp³-hybridized carbons (Fsp3) is 0.100. The minimum absolute atomic E-state index is 0.0329. The Morgan fingerprint density at radius 1 is 0.923 bits per heavy atom. The average Bonchev–Trinajstić information content (AvgIpc) is 2.65. The topological polar surface area (TPSA) is 63.1 Å². The molecule has 0 bridgehead atoms. The number of nitrogens with one attached hydrogen (secondary N) is 2. The fourth-order valence-electron chi connectivity index (χ4n) is 2.46. The molecular formula is C20H18ClN3O2. The van der Waals surface area contributed by atoms with Gasteiger partial charge >= 0.3 is 6.03 Å². The van der Waals surface area contributed by atoms with E-state index in [2.05, 4.69) is 10.6 Å². The zero-order valence-electron chi connectivity index (χ0n) is 14.0. The predicted octanol–water partition coefficient (Wildman–Crippen LogP) is 3.87. The van der Waals surface area contributed by atoms with E-state index in [9.17, 15) is 9.59 Å². The lowest BCUT2D eigenvalue weighted by Gasteiger charge is -2.10. The van der Waals surface area contributed by atoms with Gasteiger partial charge in [-0.05, 0) is 29.3 Å². The normalized spacial score (nSPS) is 10.3. The minimum Gasteiger partial charge on any atom is -0.334 e. The van der Waals surface area contributed by atoms with E-state index in [0.717, 1.165) is 11.1 Å². The van der Waals surface area contributed by atoms with Crippen molar-refractivity contribution < 1.29 is 4.79 Å². The molecule has 0 aliphatic rings. The van der Waals surface area contributed by atoms with Crippen molar-refractivity contribution in [2.45, 2.75) is 13.1 Å². The summed E-state index contributed by atoms with van der Waals surface area (Å²) in [5.74, 6) is 0. The lowest BCUT2D eigenvalue weighted by Crippen LogP contribution is -2.28. The van der Waals surface area contributed by atoms with Crippen LogP contribution in [0.3, 0.4) is 0 Å². The van der Waals surface area contributed by atoms with Gasteiger partial charge in [0.2, 0.25) is 0 Å². The molecule has 132 valence electrons. The fourth-order valence-corrected chi connectivity index (χ4v) is 2.64. The number of aromatic nitrogens is 1. The molecule has 2 amide bonds. The summed E-state index contributed by atoms with van der Waals surface area (Å²) >= 11 is 6.01. The molecule has 3 aromatic rings. The molecule has 0 saturated carbocycles. The number of rotatable bonds is 5. The van der Waals surface area contributed by atoms with Crippen LogP contribution in [0.25, 0.3) is 0 Å². The lowest BCUT2D eigenvalue weighted by molar-refractivity contribution is 0.251. The maximum Gasteiger partial charge on any atom is 0.319 e. The number of hydrogen-bond acceptors (Lipinski definition) is 2. The number of urea groups is 1. The van der Waals surface area contributed by atoms with Crippen LogP contribution in [0, 0.1) is 0 Å². The number of para-hydroxylation sites is 1. The summed E-state index contributed by atoms with van der Waals surface area (Å²) in [6.45, 7) is 0.905. The van der Waals surface area contributed by atoms with E-state index in [0.29, 0.717) is 23.8 Å². The molecule has 1 aromatic heterocycles. The Labute approximate surface area is 156 Å². The van der Waals surface area contributed by atoms with Gasteiger partial charge in [-0.3, -0.25) is 4.79 Å². The Kier molecular flexibility index (Phi) is 5.71. The van der Waals surface area contributed by atoms with Crippen molar-refractivity contribution in [2.75, 3.05) is 5.32 Å². The quantitative estimate of drug-likeness (QED) is 0.719. The van der Waals surface area contributed by atoms with Gasteiger partial charge in [0.15, 0.2) is 0 Å². The van der Waals surface area contributed by atoms with Crippen LogP contribution in [0.15, 0.2) is 77.7 Å². The monoisotopic (exact) mass is 367 g/mol. The summed E-state index contributed by atoms with van der Waals surface area (Å²) in [6, 6.07) is 19.6. The Morgan fingerprint density at radius 2 is 1.62 bits per heavy atom. The Balaban J connectivity index is 1.54. The van der Waals surface area contributed by atoms with Crippen LogP contribution in [0.4, 0.5) is 10.5 Å². The molecule has 2 aromatic carbocycles. The zero-order chi connectivity index (χ0) is 18.4. The van der Waals surface area contributed by atoms with Crippen molar-refractivity contribution in [1.82, 2.24) is 9.88 Å². The number of amides is 2. The first-order chi connectivity index (χ1) is 12.6. The summed E-state index contributed by atoms with van der Waals surface area (Å²) in [4.78, 5) is 23.7. The summed E-state index contributed by atoms with van der Waals surface area (Å²) in [5, 5.41) is 5.99. The number of carbonyl (C=O) groups is 1. The number of anilines is 1. The minimum atomic E-state index is -0.321. The maximum atomic E-state index is 12.0. The first kappa shape index (κ1) is 17.8. The highest BCUT2D eigenvalue weighted by Gasteiger charge is 2.05. The van der Waals surface area contributed by atoms with Gasteiger partial charge in [-0.15, -0.1) is 0 Å². The van der Waals surface area contributed by atoms with Crippen molar-refractivity contribution in [3.05, 3.63) is 99.4 Å². The number of nitrogens with zero attached hydrogens (tertiary/aromatic N) is 1. The summed E-state index contributed by atoms with van der Waals surface area (Å²) < 4.78 is 1.64. The Bertz CT molecular complexity index is 952. The molecule has 6 heteroatoms. The predicted molar refractivity (Wildman–Crippen MR) is 104 cm³/mol. The summed E-state index contributed by atoms with van der Waals surface area (Å²) in [7, 11) is 0. The molecule has 0 aliphatic carbocycles. The standard InChI is InChI=1S/C20H18ClN3O2/c21-17-5-1-2-6-18(17)23-20(26)22-13-15-8-10-16(11-9-15)14-24-12-4-3-7-19(24)25/h1-12H,13-14H2,(H2,22,23,26). The second kappa shape index (κ2) is 8.36. The molecule has 3 rings (SSSR count). The van der Waals surface area contributed by atoms with E-state index < -0.39 is 0 Å². The number of carbonyl (C=O) groups excluding carboxylic acids is 1. The number of benzene rings is 2. The molecule has 0 aliphatic heterocycles. The van der Waals surface area contributed by atoms with Crippen LogP contribution in [0.1, 0.15) is 11.1 Å². The van der Waals surface area contributed by atoms with Gasteiger partial charge in [0.05, 0.1) is 17.3 Å². The molecule has 0 saturated heterocycles. The zero-order valence-corrected chi connectivity index (χ0v) is 14.7. The molecule has 0 spiro atoms. The van der Waals surface area contributed by atoms with Crippen LogP contribution in [0.5, 0.6) is 0 Å². The highest BCUT2D eigenvalue weighted by molar-refractivity contribution is 6.33. The van der Waals surface area contributed by atoms with Crippen LogP contribution in [-0.4, -0.2) is 10.6 Å². The van der Waals surface area contributed by atoms with Crippen molar-refractivity contribution in [3.63, 3.8) is 0 Å². The molecule has 0 atom stereocenters. The number of halogens is 1. The van der Waals surface area contributed by atoms with Crippen molar-refractivity contribution in [1.29, 1.82) is 0 Å². The highest BCUT2D eigenvalue weighted by Crippen LogP contribution is 2.20. The van der Waals surface area contributed by atoms with Gasteiger partial charge in [-0.1, -0.05) is 54.1 Å². The third kappa shape index (κ3) is 4.74. The van der Waals surface area contributed by atoms with Crippen molar-refractivity contribution >= 4 is 23.3 Å². The Hall–Kier alpha value is -3.05. The van der Waals surface area contributed by atoms with E-state index in [-0.39, 0.29) is 11.6 Å². The van der Waals surface area contributed by atoms with Crippen LogP contribution in [-0.2, 0) is 13.1 Å². The van der Waals surface area contributed by atoms with Gasteiger partial charge in [0.1, 0.15) is 0 Å². The van der Waals surface area contributed by atoms with Crippen LogP contribution >= 0.6 is 11.6 Å². The van der Waals surface area contributed by atoms with E-state index in [1.807, 2.05) is 30.3 Å². The van der Waals surface area contributed by atoms with E-state index in [4.69, 9.17) is 11.6 Å². The molecule has 0 fully saturated rings. The third-order valence-electron chi connectivity index (χ3n) is 3.85. The SMILES string of the molecule is O=C(NCc1ccc(Cn2ccccc2=O)cc1)Nc1ccccc1Cl. The van der Waals surface area contributed by atoms with Gasteiger partial charge < -0.3 is 15.2 Å². The molecule has 26 heavy (non-hydrogen) atoms. The van der Waals surface area contributed by atoms with E-state index in [1.165, 1.54) is 6.07 Å². The number of pyridine rings is 1. The number of hydrogen-bond donors (Lipinski definition) is 2. The molecule has 0 unspecified atom stereocenters. The van der Waals surface area contributed by atoms with Gasteiger partial charge in [-0.2, -0.15) is 0 Å².